The smallest absolute Gasteiger partial charge is 0.267 e. The first-order valence-corrected chi connectivity index (χ1v) is 7.07. The molecule has 0 atom stereocenters. The molecule has 2 aromatic rings. The first-order chi connectivity index (χ1) is 9.59. The van der Waals surface area contributed by atoms with Crippen LogP contribution in [0.5, 0.6) is 0 Å². The molecule has 1 amide bonds. The Bertz CT molecular complexity index is 656. The summed E-state index contributed by atoms with van der Waals surface area (Å²) in [5.41, 5.74) is 2.98. The lowest BCUT2D eigenvalue weighted by atomic mass is 10.2. The van der Waals surface area contributed by atoms with Gasteiger partial charge in [-0.05, 0) is 46.9 Å². The maximum Gasteiger partial charge on any atom is 0.272 e. The minimum absolute atomic E-state index is 0.136. The molecule has 102 valence electrons. The van der Waals surface area contributed by atoms with Gasteiger partial charge in [-0.2, -0.15) is 5.10 Å². The third kappa shape index (κ3) is 3.55. The van der Waals surface area contributed by atoms with Gasteiger partial charge >= 0.3 is 0 Å². The second-order valence-corrected chi connectivity index (χ2v) is 5.38. The minimum atomic E-state index is -0.496. The van der Waals surface area contributed by atoms with Gasteiger partial charge in [0.2, 0.25) is 0 Å². The molecule has 3 nitrogen and oxygen atoms in total. The lowest BCUT2D eigenvalue weighted by Gasteiger charge is -2.02. The standard InChI is InChI=1S/C14H9ClFIN2O/c15-11-5-3-6-12(16)10(11)8-18-19-14(20)9-4-1-2-7-13(9)17/h1-8H,(H,19,20). The Morgan fingerprint density at radius 2 is 2.00 bits per heavy atom. The Morgan fingerprint density at radius 1 is 1.25 bits per heavy atom. The number of amides is 1. The van der Waals surface area contributed by atoms with E-state index in [2.05, 4.69) is 33.1 Å². The molecular formula is C14H9ClFIN2O. The van der Waals surface area contributed by atoms with E-state index in [1.165, 1.54) is 18.3 Å². The molecule has 0 saturated carbocycles. The van der Waals surface area contributed by atoms with Crippen LogP contribution in [-0.4, -0.2) is 12.1 Å². The molecule has 2 aromatic carbocycles. The maximum atomic E-state index is 13.5. The molecule has 0 bridgehead atoms. The fourth-order valence-corrected chi connectivity index (χ4v) is 2.34. The first-order valence-electron chi connectivity index (χ1n) is 5.61. The van der Waals surface area contributed by atoms with E-state index in [1.807, 2.05) is 12.1 Å². The van der Waals surface area contributed by atoms with Crippen LogP contribution < -0.4 is 5.43 Å². The van der Waals surface area contributed by atoms with Crippen molar-refractivity contribution in [1.82, 2.24) is 5.43 Å². The molecular weight excluding hydrogens is 394 g/mol. The van der Waals surface area contributed by atoms with Crippen LogP contribution in [0.15, 0.2) is 47.6 Å². The summed E-state index contributed by atoms with van der Waals surface area (Å²) in [6.07, 6.45) is 1.19. The normalized spacial score (nSPS) is 10.8. The highest BCUT2D eigenvalue weighted by Gasteiger charge is 2.08. The van der Waals surface area contributed by atoms with Gasteiger partial charge in [-0.1, -0.05) is 29.8 Å². The van der Waals surface area contributed by atoms with Crippen LogP contribution in [0.2, 0.25) is 5.02 Å². The summed E-state index contributed by atoms with van der Waals surface area (Å²) in [5, 5.41) is 3.96. The van der Waals surface area contributed by atoms with Gasteiger partial charge in [0.05, 0.1) is 16.8 Å². The Hall–Kier alpha value is -1.47. The number of nitrogens with one attached hydrogen (secondary N) is 1. The van der Waals surface area contributed by atoms with Crippen molar-refractivity contribution in [2.24, 2.45) is 5.10 Å². The maximum absolute atomic E-state index is 13.5. The number of carbonyl (C=O) groups excluding carboxylic acids is 1. The molecule has 1 N–H and O–H groups in total. The topological polar surface area (TPSA) is 41.5 Å². The van der Waals surface area contributed by atoms with Crippen molar-refractivity contribution in [3.63, 3.8) is 0 Å². The fraction of sp³-hybridized carbons (Fsp3) is 0. The molecule has 2 rings (SSSR count). The zero-order chi connectivity index (χ0) is 14.5. The molecule has 0 fully saturated rings. The van der Waals surface area contributed by atoms with E-state index in [9.17, 15) is 9.18 Å². The fourth-order valence-electron chi connectivity index (χ4n) is 1.50. The van der Waals surface area contributed by atoms with Crippen molar-refractivity contribution in [2.45, 2.75) is 0 Å². The average molecular weight is 403 g/mol. The molecule has 0 saturated heterocycles. The Balaban J connectivity index is 2.11. The number of hydrazone groups is 1. The molecule has 6 heteroatoms. The summed E-state index contributed by atoms with van der Waals surface area (Å²) in [6.45, 7) is 0. The molecule has 0 spiro atoms. The van der Waals surface area contributed by atoms with Crippen molar-refractivity contribution in [3.05, 3.63) is 68.0 Å². The molecule has 0 radical (unpaired) electrons. The van der Waals surface area contributed by atoms with E-state index in [0.717, 1.165) is 3.57 Å². The number of nitrogens with zero attached hydrogens (tertiary/aromatic N) is 1. The molecule has 0 aromatic heterocycles. The van der Waals surface area contributed by atoms with Crippen molar-refractivity contribution >= 4 is 46.3 Å². The second-order valence-electron chi connectivity index (χ2n) is 3.81. The Morgan fingerprint density at radius 3 is 2.70 bits per heavy atom. The predicted molar refractivity (Wildman–Crippen MR) is 85.6 cm³/mol. The molecule has 0 aliphatic carbocycles. The Kier molecular flexibility index (Phi) is 5.08. The molecule has 0 unspecified atom stereocenters. The van der Waals surface area contributed by atoms with Gasteiger partial charge in [-0.25, -0.2) is 9.82 Å². The van der Waals surface area contributed by atoms with Crippen molar-refractivity contribution < 1.29 is 9.18 Å². The third-order valence-electron chi connectivity index (χ3n) is 2.48. The van der Waals surface area contributed by atoms with Crippen molar-refractivity contribution in [3.8, 4) is 0 Å². The Labute approximate surface area is 134 Å². The quantitative estimate of drug-likeness (QED) is 0.473. The number of halogens is 3. The van der Waals surface area contributed by atoms with Crippen LogP contribution in [0.25, 0.3) is 0 Å². The minimum Gasteiger partial charge on any atom is -0.267 e. The number of hydrogen-bond donors (Lipinski definition) is 1. The zero-order valence-corrected chi connectivity index (χ0v) is 13.0. The number of hydrogen-bond acceptors (Lipinski definition) is 2. The zero-order valence-electron chi connectivity index (χ0n) is 10.1. The van der Waals surface area contributed by atoms with E-state index < -0.39 is 5.82 Å². The lowest BCUT2D eigenvalue weighted by Crippen LogP contribution is -2.18. The molecule has 0 aliphatic rings. The monoisotopic (exact) mass is 402 g/mol. The highest BCUT2D eigenvalue weighted by Crippen LogP contribution is 2.16. The summed E-state index contributed by atoms with van der Waals surface area (Å²) < 4.78 is 14.3. The summed E-state index contributed by atoms with van der Waals surface area (Å²) >= 11 is 7.90. The third-order valence-corrected chi connectivity index (χ3v) is 3.75. The van der Waals surface area contributed by atoms with Gasteiger partial charge in [0, 0.05) is 9.13 Å². The van der Waals surface area contributed by atoms with E-state index in [0.29, 0.717) is 5.56 Å². The summed E-state index contributed by atoms with van der Waals surface area (Å²) in [6, 6.07) is 11.4. The number of benzene rings is 2. The van der Waals surface area contributed by atoms with Gasteiger partial charge in [0.25, 0.3) is 5.91 Å². The number of rotatable bonds is 3. The van der Waals surface area contributed by atoms with Crippen LogP contribution in [0.1, 0.15) is 15.9 Å². The summed E-state index contributed by atoms with van der Waals surface area (Å²) in [4.78, 5) is 11.9. The van der Waals surface area contributed by atoms with Crippen molar-refractivity contribution in [2.75, 3.05) is 0 Å². The van der Waals surface area contributed by atoms with Crippen LogP contribution >= 0.6 is 34.2 Å². The van der Waals surface area contributed by atoms with Gasteiger partial charge in [0.1, 0.15) is 5.82 Å². The van der Waals surface area contributed by atoms with E-state index >= 15 is 0 Å². The summed E-state index contributed by atoms with van der Waals surface area (Å²) in [7, 11) is 0. The SMILES string of the molecule is O=C(NN=Cc1c(F)cccc1Cl)c1ccccc1I. The second kappa shape index (κ2) is 6.81. The van der Waals surface area contributed by atoms with Gasteiger partial charge < -0.3 is 0 Å². The molecule has 0 heterocycles. The van der Waals surface area contributed by atoms with E-state index in [1.54, 1.807) is 18.2 Å². The first kappa shape index (κ1) is 14.9. The van der Waals surface area contributed by atoms with Crippen LogP contribution in [0.4, 0.5) is 4.39 Å². The molecule has 0 aliphatic heterocycles. The van der Waals surface area contributed by atoms with E-state index in [4.69, 9.17) is 11.6 Å². The highest BCUT2D eigenvalue weighted by atomic mass is 127. The van der Waals surface area contributed by atoms with Crippen molar-refractivity contribution in [1.29, 1.82) is 0 Å². The average Bonchev–Trinajstić information content (AvgIpc) is 2.42. The van der Waals surface area contributed by atoms with E-state index in [-0.39, 0.29) is 16.5 Å². The van der Waals surface area contributed by atoms with Crippen LogP contribution in [0.3, 0.4) is 0 Å². The number of carbonyl (C=O) groups is 1. The summed E-state index contributed by atoms with van der Waals surface area (Å²) in [5.74, 6) is -0.858. The lowest BCUT2D eigenvalue weighted by molar-refractivity contribution is 0.0954. The van der Waals surface area contributed by atoms with Gasteiger partial charge in [-0.3, -0.25) is 4.79 Å². The highest BCUT2D eigenvalue weighted by molar-refractivity contribution is 14.1. The molecule has 20 heavy (non-hydrogen) atoms. The van der Waals surface area contributed by atoms with Gasteiger partial charge in [-0.15, -0.1) is 0 Å². The predicted octanol–water partition coefficient (Wildman–Crippen LogP) is 3.85. The largest absolute Gasteiger partial charge is 0.272 e. The van der Waals surface area contributed by atoms with Gasteiger partial charge in [0.15, 0.2) is 0 Å². The van der Waals surface area contributed by atoms with Crippen LogP contribution in [0, 0.1) is 9.39 Å². The van der Waals surface area contributed by atoms with Crippen LogP contribution in [-0.2, 0) is 0 Å².